The van der Waals surface area contributed by atoms with Crippen LogP contribution in [0.1, 0.15) is 21.5 Å². The summed E-state index contributed by atoms with van der Waals surface area (Å²) in [7, 11) is 0. The Labute approximate surface area is 111 Å². The van der Waals surface area contributed by atoms with Crippen molar-refractivity contribution in [2.24, 2.45) is 0 Å². The molecule has 0 bridgehead atoms. The molecular weight excluding hydrogens is 243 g/mol. The zero-order valence-corrected chi connectivity index (χ0v) is 10.8. The van der Waals surface area contributed by atoms with Crippen molar-refractivity contribution in [1.82, 2.24) is 0 Å². The van der Waals surface area contributed by atoms with Gasteiger partial charge in [-0.05, 0) is 43.7 Å². The minimum absolute atomic E-state index is 0.283. The van der Waals surface area contributed by atoms with Crippen LogP contribution in [0, 0.1) is 19.7 Å². The smallest absolute Gasteiger partial charge is 0.255 e. The van der Waals surface area contributed by atoms with Gasteiger partial charge >= 0.3 is 0 Å². The lowest BCUT2D eigenvalue weighted by Gasteiger charge is -2.10. The van der Waals surface area contributed by atoms with Crippen LogP contribution < -0.4 is 11.1 Å². The van der Waals surface area contributed by atoms with Crippen LogP contribution in [0.4, 0.5) is 15.8 Å². The number of hydrogen-bond acceptors (Lipinski definition) is 2. The van der Waals surface area contributed by atoms with Crippen LogP contribution in [-0.2, 0) is 0 Å². The average Bonchev–Trinajstić information content (AvgIpc) is 2.36. The second-order valence-corrected chi connectivity index (χ2v) is 4.50. The summed E-state index contributed by atoms with van der Waals surface area (Å²) in [5.74, 6) is -0.732. The van der Waals surface area contributed by atoms with E-state index in [1.54, 1.807) is 6.07 Å². The Balaban J connectivity index is 2.30. The Morgan fingerprint density at radius 2 is 1.89 bits per heavy atom. The number of hydrogen-bond donors (Lipinski definition) is 2. The van der Waals surface area contributed by atoms with Crippen LogP contribution in [0.5, 0.6) is 0 Å². The molecule has 0 spiro atoms. The summed E-state index contributed by atoms with van der Waals surface area (Å²) in [4.78, 5) is 12.2. The molecule has 2 aromatic rings. The van der Waals surface area contributed by atoms with Gasteiger partial charge in [-0.1, -0.05) is 17.7 Å². The van der Waals surface area contributed by atoms with E-state index in [0.717, 1.165) is 11.1 Å². The molecule has 0 aliphatic carbocycles. The van der Waals surface area contributed by atoms with Gasteiger partial charge in [-0.25, -0.2) is 4.39 Å². The van der Waals surface area contributed by atoms with E-state index >= 15 is 0 Å². The molecule has 0 heterocycles. The van der Waals surface area contributed by atoms with Gasteiger partial charge in [0.15, 0.2) is 0 Å². The quantitative estimate of drug-likeness (QED) is 0.812. The predicted octanol–water partition coefficient (Wildman–Crippen LogP) is 3.28. The van der Waals surface area contributed by atoms with Crippen LogP contribution in [0.25, 0.3) is 0 Å². The lowest BCUT2D eigenvalue weighted by Crippen LogP contribution is -2.15. The number of carbonyl (C=O) groups is 1. The molecule has 0 radical (unpaired) electrons. The summed E-state index contributed by atoms with van der Waals surface area (Å²) in [6, 6.07) is 9.48. The zero-order valence-electron chi connectivity index (χ0n) is 10.8. The number of rotatable bonds is 2. The number of amides is 1. The fraction of sp³-hybridized carbons (Fsp3) is 0.133. The van der Waals surface area contributed by atoms with Gasteiger partial charge < -0.3 is 11.1 Å². The molecule has 3 nitrogen and oxygen atoms in total. The maximum atomic E-state index is 13.1. The number of carbonyl (C=O) groups excluding carboxylic acids is 1. The molecule has 0 saturated carbocycles. The van der Waals surface area contributed by atoms with Crippen LogP contribution in [0.2, 0.25) is 0 Å². The topological polar surface area (TPSA) is 55.1 Å². The molecule has 0 aliphatic rings. The first-order valence-corrected chi connectivity index (χ1v) is 5.91. The molecule has 1 amide bonds. The molecule has 98 valence electrons. The number of nitrogens with one attached hydrogen (secondary N) is 1. The Morgan fingerprint density at radius 1 is 1.16 bits per heavy atom. The van der Waals surface area contributed by atoms with Gasteiger partial charge in [0.1, 0.15) is 5.82 Å². The Hall–Kier alpha value is -2.36. The van der Waals surface area contributed by atoms with Crippen molar-refractivity contribution >= 4 is 17.3 Å². The third-order valence-corrected chi connectivity index (χ3v) is 2.90. The highest BCUT2D eigenvalue weighted by atomic mass is 19.1. The van der Waals surface area contributed by atoms with Crippen molar-refractivity contribution in [2.45, 2.75) is 13.8 Å². The van der Waals surface area contributed by atoms with E-state index in [0.29, 0.717) is 11.3 Å². The Bertz CT molecular complexity index is 638. The first-order chi connectivity index (χ1) is 8.97. The molecular formula is C15H15FN2O. The zero-order chi connectivity index (χ0) is 14.0. The molecule has 0 atom stereocenters. The first-order valence-electron chi connectivity index (χ1n) is 5.91. The SMILES string of the molecule is Cc1ccc(C)c(C(=O)Nc2cc(F)ccc2N)c1. The Kier molecular flexibility index (Phi) is 3.51. The third-order valence-electron chi connectivity index (χ3n) is 2.90. The van der Waals surface area contributed by atoms with Crippen molar-refractivity contribution in [3.8, 4) is 0 Å². The van der Waals surface area contributed by atoms with Crippen LogP contribution in [-0.4, -0.2) is 5.91 Å². The lowest BCUT2D eigenvalue weighted by atomic mass is 10.0. The van der Waals surface area contributed by atoms with E-state index in [2.05, 4.69) is 5.32 Å². The Morgan fingerprint density at radius 3 is 2.63 bits per heavy atom. The van der Waals surface area contributed by atoms with Crippen molar-refractivity contribution in [3.63, 3.8) is 0 Å². The van der Waals surface area contributed by atoms with E-state index < -0.39 is 5.82 Å². The van der Waals surface area contributed by atoms with Crippen LogP contribution in [0.15, 0.2) is 36.4 Å². The molecule has 0 aromatic heterocycles. The summed E-state index contributed by atoms with van der Waals surface area (Å²) in [5, 5.41) is 2.63. The van der Waals surface area contributed by atoms with Gasteiger partial charge in [0.25, 0.3) is 5.91 Å². The molecule has 0 saturated heterocycles. The van der Waals surface area contributed by atoms with Crippen molar-refractivity contribution in [1.29, 1.82) is 0 Å². The normalized spacial score (nSPS) is 10.3. The molecule has 0 aliphatic heterocycles. The van der Waals surface area contributed by atoms with Gasteiger partial charge in [0, 0.05) is 5.56 Å². The largest absolute Gasteiger partial charge is 0.397 e. The van der Waals surface area contributed by atoms with Crippen molar-refractivity contribution in [2.75, 3.05) is 11.1 Å². The summed E-state index contributed by atoms with van der Waals surface area (Å²) in [6.07, 6.45) is 0. The maximum Gasteiger partial charge on any atom is 0.255 e. The molecule has 0 fully saturated rings. The van der Waals surface area contributed by atoms with Gasteiger partial charge in [0.05, 0.1) is 11.4 Å². The standard InChI is InChI=1S/C15H15FN2O/c1-9-3-4-10(2)12(7-9)15(19)18-14-8-11(16)5-6-13(14)17/h3-8H,17H2,1-2H3,(H,18,19). The molecule has 2 aromatic carbocycles. The van der Waals surface area contributed by atoms with Gasteiger partial charge in [0.2, 0.25) is 0 Å². The molecule has 3 N–H and O–H groups in total. The maximum absolute atomic E-state index is 13.1. The number of halogens is 1. The van der Waals surface area contributed by atoms with Crippen molar-refractivity contribution < 1.29 is 9.18 Å². The second kappa shape index (κ2) is 5.10. The van der Waals surface area contributed by atoms with E-state index in [-0.39, 0.29) is 11.6 Å². The lowest BCUT2D eigenvalue weighted by molar-refractivity contribution is 0.102. The second-order valence-electron chi connectivity index (χ2n) is 4.50. The van der Waals surface area contributed by atoms with Crippen LogP contribution in [0.3, 0.4) is 0 Å². The number of anilines is 2. The summed E-state index contributed by atoms with van der Waals surface area (Å²) in [6.45, 7) is 3.76. The number of benzene rings is 2. The molecule has 2 rings (SSSR count). The van der Waals surface area contributed by atoms with E-state index in [1.165, 1.54) is 18.2 Å². The molecule has 0 unspecified atom stereocenters. The fourth-order valence-corrected chi connectivity index (χ4v) is 1.81. The predicted molar refractivity (Wildman–Crippen MR) is 74.7 cm³/mol. The monoisotopic (exact) mass is 258 g/mol. The van der Waals surface area contributed by atoms with E-state index in [1.807, 2.05) is 26.0 Å². The fourth-order valence-electron chi connectivity index (χ4n) is 1.81. The summed E-state index contributed by atoms with van der Waals surface area (Å²) < 4.78 is 13.1. The minimum atomic E-state index is -0.439. The first kappa shape index (κ1) is 13.1. The average molecular weight is 258 g/mol. The summed E-state index contributed by atoms with van der Waals surface area (Å²) >= 11 is 0. The summed E-state index contributed by atoms with van der Waals surface area (Å²) in [5.41, 5.74) is 8.73. The number of nitrogens with two attached hydrogens (primary N) is 1. The number of aryl methyl sites for hydroxylation is 2. The highest BCUT2D eigenvalue weighted by molar-refractivity contribution is 6.06. The van der Waals surface area contributed by atoms with E-state index in [9.17, 15) is 9.18 Å². The molecule has 4 heteroatoms. The van der Waals surface area contributed by atoms with Crippen molar-refractivity contribution in [3.05, 3.63) is 58.9 Å². The van der Waals surface area contributed by atoms with Gasteiger partial charge in [-0.15, -0.1) is 0 Å². The van der Waals surface area contributed by atoms with Crippen LogP contribution >= 0.6 is 0 Å². The van der Waals surface area contributed by atoms with Gasteiger partial charge in [-0.3, -0.25) is 4.79 Å². The minimum Gasteiger partial charge on any atom is -0.397 e. The van der Waals surface area contributed by atoms with E-state index in [4.69, 9.17) is 5.73 Å². The molecule has 19 heavy (non-hydrogen) atoms. The number of nitrogen functional groups attached to an aromatic ring is 1. The van der Waals surface area contributed by atoms with Gasteiger partial charge in [-0.2, -0.15) is 0 Å². The third kappa shape index (κ3) is 2.91. The highest BCUT2D eigenvalue weighted by Gasteiger charge is 2.11. The highest BCUT2D eigenvalue weighted by Crippen LogP contribution is 2.21.